The number of urea groups is 1. The number of hydrazine groups is 1. The highest BCUT2D eigenvalue weighted by Crippen LogP contribution is 2.31. The summed E-state index contributed by atoms with van der Waals surface area (Å²) in [6, 6.07) is 15.5. The second kappa shape index (κ2) is 7.23. The van der Waals surface area contributed by atoms with E-state index in [0.717, 1.165) is 10.6 Å². The normalized spacial score (nSPS) is 19.3. The lowest BCUT2D eigenvalue weighted by molar-refractivity contribution is -0.133. The number of hydrogen-bond donors (Lipinski definition) is 2. The van der Waals surface area contributed by atoms with Gasteiger partial charge in [0.2, 0.25) is 0 Å². The number of amides is 4. The van der Waals surface area contributed by atoms with Crippen LogP contribution in [0.5, 0.6) is 0 Å². The SMILES string of the molecule is CC[C@]1(c2ccccc2)NC(=O)N(NC(=O)c2ccc(C(C)C)cc2)C1=O. The number of benzene rings is 2. The van der Waals surface area contributed by atoms with Gasteiger partial charge in [-0.3, -0.25) is 15.0 Å². The fourth-order valence-corrected chi connectivity index (χ4v) is 3.22. The first-order chi connectivity index (χ1) is 12.9. The Morgan fingerprint density at radius 3 is 2.26 bits per heavy atom. The summed E-state index contributed by atoms with van der Waals surface area (Å²) in [7, 11) is 0. The molecule has 0 radical (unpaired) electrons. The number of hydrogen-bond acceptors (Lipinski definition) is 3. The molecule has 3 rings (SSSR count). The molecule has 6 heteroatoms. The second-order valence-electron chi connectivity index (χ2n) is 6.91. The molecule has 1 saturated heterocycles. The first-order valence-electron chi connectivity index (χ1n) is 9.02. The molecule has 1 fully saturated rings. The van der Waals surface area contributed by atoms with E-state index in [1.165, 1.54) is 0 Å². The van der Waals surface area contributed by atoms with Gasteiger partial charge in [0.25, 0.3) is 11.8 Å². The minimum atomic E-state index is -1.17. The number of carbonyl (C=O) groups is 3. The molecule has 0 bridgehead atoms. The molecule has 0 aromatic heterocycles. The van der Waals surface area contributed by atoms with Gasteiger partial charge in [-0.25, -0.2) is 4.79 Å². The van der Waals surface area contributed by atoms with Crippen LogP contribution < -0.4 is 10.7 Å². The number of nitrogens with one attached hydrogen (secondary N) is 2. The van der Waals surface area contributed by atoms with Crippen molar-refractivity contribution >= 4 is 17.8 Å². The highest BCUT2D eigenvalue weighted by molar-refractivity contribution is 6.09. The Morgan fingerprint density at radius 2 is 1.70 bits per heavy atom. The van der Waals surface area contributed by atoms with Crippen molar-refractivity contribution in [3.63, 3.8) is 0 Å². The summed E-state index contributed by atoms with van der Waals surface area (Å²) in [6.45, 7) is 5.95. The Balaban J connectivity index is 1.82. The van der Waals surface area contributed by atoms with Gasteiger partial charge in [0, 0.05) is 5.56 Å². The van der Waals surface area contributed by atoms with E-state index in [9.17, 15) is 14.4 Å². The summed E-state index contributed by atoms with van der Waals surface area (Å²) in [4.78, 5) is 38.0. The van der Waals surface area contributed by atoms with Crippen molar-refractivity contribution in [3.8, 4) is 0 Å². The van der Waals surface area contributed by atoms with Crippen LogP contribution in [0.15, 0.2) is 54.6 Å². The van der Waals surface area contributed by atoms with Crippen molar-refractivity contribution in [2.45, 2.75) is 38.6 Å². The zero-order chi connectivity index (χ0) is 19.6. The predicted molar refractivity (Wildman–Crippen MR) is 102 cm³/mol. The first-order valence-corrected chi connectivity index (χ1v) is 9.02. The average molecular weight is 365 g/mol. The van der Waals surface area contributed by atoms with E-state index in [1.807, 2.05) is 37.3 Å². The van der Waals surface area contributed by atoms with Gasteiger partial charge in [-0.15, -0.1) is 0 Å². The van der Waals surface area contributed by atoms with Crippen LogP contribution in [0.3, 0.4) is 0 Å². The predicted octanol–water partition coefficient (Wildman–Crippen LogP) is 3.31. The molecule has 0 saturated carbocycles. The molecule has 0 aliphatic carbocycles. The standard InChI is InChI=1S/C21H23N3O3/c1-4-21(17-8-6-5-7-9-17)19(26)24(20(27)22-21)23-18(25)16-12-10-15(11-13-16)14(2)3/h5-14H,4H2,1-3H3,(H,22,27)(H,23,25)/t21-/m1/s1. The van der Waals surface area contributed by atoms with E-state index in [1.54, 1.807) is 24.3 Å². The lowest BCUT2D eigenvalue weighted by atomic mass is 9.87. The third-order valence-corrected chi connectivity index (χ3v) is 4.94. The highest BCUT2D eigenvalue weighted by Gasteiger charge is 2.52. The van der Waals surface area contributed by atoms with Crippen LogP contribution in [-0.2, 0) is 10.3 Å². The van der Waals surface area contributed by atoms with E-state index in [4.69, 9.17) is 0 Å². The maximum atomic E-state index is 13.0. The lowest BCUT2D eigenvalue weighted by Gasteiger charge is -2.25. The van der Waals surface area contributed by atoms with Gasteiger partial charge in [0.15, 0.2) is 0 Å². The van der Waals surface area contributed by atoms with E-state index in [-0.39, 0.29) is 0 Å². The van der Waals surface area contributed by atoms with Gasteiger partial charge in [0.05, 0.1) is 0 Å². The van der Waals surface area contributed by atoms with Crippen LogP contribution >= 0.6 is 0 Å². The monoisotopic (exact) mass is 365 g/mol. The van der Waals surface area contributed by atoms with Crippen LogP contribution in [-0.4, -0.2) is 22.9 Å². The molecule has 4 amide bonds. The quantitative estimate of drug-likeness (QED) is 0.798. The zero-order valence-corrected chi connectivity index (χ0v) is 15.7. The molecule has 6 nitrogen and oxygen atoms in total. The minimum absolute atomic E-state index is 0.351. The molecule has 1 aliphatic rings. The van der Waals surface area contributed by atoms with Gasteiger partial charge in [-0.2, -0.15) is 5.01 Å². The molecule has 2 aromatic carbocycles. The van der Waals surface area contributed by atoms with E-state index < -0.39 is 23.4 Å². The van der Waals surface area contributed by atoms with E-state index >= 15 is 0 Å². The van der Waals surface area contributed by atoms with Crippen LogP contribution in [0, 0.1) is 0 Å². The van der Waals surface area contributed by atoms with Crippen LogP contribution in [0.25, 0.3) is 0 Å². The smallest absolute Gasteiger partial charge is 0.318 e. The third kappa shape index (κ3) is 3.30. The van der Waals surface area contributed by atoms with Crippen LogP contribution in [0.1, 0.15) is 54.6 Å². The van der Waals surface area contributed by atoms with E-state index in [2.05, 4.69) is 24.6 Å². The fourth-order valence-electron chi connectivity index (χ4n) is 3.22. The summed E-state index contributed by atoms with van der Waals surface area (Å²) >= 11 is 0. The van der Waals surface area contributed by atoms with Gasteiger partial charge >= 0.3 is 6.03 Å². The van der Waals surface area contributed by atoms with Crippen molar-refractivity contribution in [3.05, 3.63) is 71.3 Å². The molecular formula is C21H23N3O3. The topological polar surface area (TPSA) is 78.5 Å². The molecule has 140 valence electrons. The minimum Gasteiger partial charge on any atom is -0.318 e. The van der Waals surface area contributed by atoms with Crippen molar-refractivity contribution in [1.29, 1.82) is 0 Å². The second-order valence-corrected chi connectivity index (χ2v) is 6.91. The molecule has 0 unspecified atom stereocenters. The Kier molecular flexibility index (Phi) is 4.99. The molecule has 0 spiro atoms. The Morgan fingerprint density at radius 1 is 1.07 bits per heavy atom. The highest BCUT2D eigenvalue weighted by atomic mass is 16.2. The summed E-state index contributed by atoms with van der Waals surface area (Å²) in [5.41, 5.74) is 3.44. The van der Waals surface area contributed by atoms with Crippen molar-refractivity contribution < 1.29 is 14.4 Å². The van der Waals surface area contributed by atoms with Gasteiger partial charge < -0.3 is 5.32 Å². The lowest BCUT2D eigenvalue weighted by Crippen LogP contribution is -2.48. The van der Waals surface area contributed by atoms with Crippen molar-refractivity contribution in [1.82, 2.24) is 15.8 Å². The van der Waals surface area contributed by atoms with Gasteiger partial charge in [0.1, 0.15) is 5.54 Å². The fraction of sp³-hybridized carbons (Fsp3) is 0.286. The van der Waals surface area contributed by atoms with E-state index in [0.29, 0.717) is 23.5 Å². The molecule has 1 heterocycles. The van der Waals surface area contributed by atoms with Crippen molar-refractivity contribution in [2.75, 3.05) is 0 Å². The molecule has 2 N–H and O–H groups in total. The summed E-state index contributed by atoms with van der Waals surface area (Å²) in [6.07, 6.45) is 0.372. The number of imide groups is 1. The molecule has 1 atom stereocenters. The Labute approximate surface area is 158 Å². The summed E-state index contributed by atoms with van der Waals surface area (Å²) in [5, 5.41) is 3.51. The average Bonchev–Trinajstić information content (AvgIpc) is 2.93. The summed E-state index contributed by atoms with van der Waals surface area (Å²) < 4.78 is 0. The first kappa shape index (κ1) is 18.6. The largest absolute Gasteiger partial charge is 0.344 e. The number of nitrogens with zero attached hydrogens (tertiary/aromatic N) is 1. The van der Waals surface area contributed by atoms with Gasteiger partial charge in [-0.1, -0.05) is 63.2 Å². The molecule has 27 heavy (non-hydrogen) atoms. The Hall–Kier alpha value is -3.15. The summed E-state index contributed by atoms with van der Waals surface area (Å²) in [5.74, 6) is -0.647. The Bertz CT molecular complexity index is 862. The van der Waals surface area contributed by atoms with Crippen molar-refractivity contribution in [2.24, 2.45) is 0 Å². The van der Waals surface area contributed by atoms with Gasteiger partial charge in [-0.05, 0) is 35.6 Å². The molecule has 1 aliphatic heterocycles. The number of carbonyl (C=O) groups excluding carboxylic acids is 3. The van der Waals surface area contributed by atoms with Crippen LogP contribution in [0.2, 0.25) is 0 Å². The molecule has 2 aromatic rings. The number of rotatable bonds is 5. The van der Waals surface area contributed by atoms with Crippen LogP contribution in [0.4, 0.5) is 4.79 Å². The maximum absolute atomic E-state index is 13.0. The molecular weight excluding hydrogens is 342 g/mol. The third-order valence-electron chi connectivity index (χ3n) is 4.94. The zero-order valence-electron chi connectivity index (χ0n) is 15.7. The maximum Gasteiger partial charge on any atom is 0.344 e.